The average Bonchev–Trinajstić information content (AvgIpc) is 2.78. The Morgan fingerprint density at radius 1 is 1.52 bits per heavy atom. The summed E-state index contributed by atoms with van der Waals surface area (Å²) in [5.74, 6) is -0.0809. The smallest absolute Gasteiger partial charge is 0.238 e. The zero-order valence-electron chi connectivity index (χ0n) is 11.8. The molecule has 5 nitrogen and oxygen atoms in total. The van der Waals surface area contributed by atoms with Crippen LogP contribution in [0, 0.1) is 12.7 Å². The number of benzene rings is 1. The highest BCUT2D eigenvalue weighted by molar-refractivity contribution is 6.30. The van der Waals surface area contributed by atoms with Gasteiger partial charge in [0.15, 0.2) is 0 Å². The first-order valence-corrected chi connectivity index (χ1v) is 6.76. The largest absolute Gasteiger partial charge is 0.345 e. The van der Waals surface area contributed by atoms with E-state index in [2.05, 4.69) is 15.3 Å². The number of hydrogen-bond donors (Lipinski definition) is 2. The number of carbonyl (C=O) groups is 1. The van der Waals surface area contributed by atoms with Gasteiger partial charge in [-0.2, -0.15) is 0 Å². The number of nitrogens with one attached hydrogen (secondary N) is 2. The number of carbonyl (C=O) groups excluding carboxylic acids is 1. The fraction of sp³-hybridized carbons (Fsp3) is 0.286. The van der Waals surface area contributed by atoms with E-state index in [-0.39, 0.29) is 23.2 Å². The average molecular weight is 311 g/mol. The predicted octanol–water partition coefficient (Wildman–Crippen LogP) is 2.58. The highest BCUT2D eigenvalue weighted by atomic mass is 35.5. The first kappa shape index (κ1) is 15.5. The van der Waals surface area contributed by atoms with Crippen molar-refractivity contribution in [1.82, 2.24) is 14.9 Å². The molecule has 1 aromatic heterocycles. The number of amides is 1. The lowest BCUT2D eigenvalue weighted by Crippen LogP contribution is -2.30. The number of halogens is 2. The standard InChI is InChI=1S/C14H16ClFN4O/c1-9-6-17-13(18-9)7-20(2)8-14(21)19-12-4-3-10(15)5-11(12)16/h3-6H,7-8H2,1-2H3,(H,17,18)(H,19,21). The van der Waals surface area contributed by atoms with Crippen molar-refractivity contribution in [2.45, 2.75) is 13.5 Å². The molecular weight excluding hydrogens is 295 g/mol. The Labute approximate surface area is 127 Å². The molecule has 2 aromatic rings. The molecule has 0 aliphatic carbocycles. The van der Waals surface area contributed by atoms with Crippen molar-refractivity contribution in [3.8, 4) is 0 Å². The van der Waals surface area contributed by atoms with E-state index < -0.39 is 5.82 Å². The van der Waals surface area contributed by atoms with Gasteiger partial charge in [0, 0.05) is 16.9 Å². The van der Waals surface area contributed by atoms with Crippen LogP contribution in [-0.4, -0.2) is 34.4 Å². The molecule has 0 aliphatic heterocycles. The molecule has 0 unspecified atom stereocenters. The molecule has 1 heterocycles. The first-order chi connectivity index (χ1) is 9.94. The number of aryl methyl sites for hydroxylation is 1. The van der Waals surface area contributed by atoms with E-state index in [0.717, 1.165) is 17.6 Å². The molecule has 1 amide bonds. The molecule has 0 fully saturated rings. The zero-order chi connectivity index (χ0) is 15.4. The molecule has 2 N–H and O–H groups in total. The lowest BCUT2D eigenvalue weighted by atomic mass is 10.3. The highest BCUT2D eigenvalue weighted by Gasteiger charge is 2.11. The Morgan fingerprint density at radius 2 is 2.29 bits per heavy atom. The maximum Gasteiger partial charge on any atom is 0.238 e. The van der Waals surface area contributed by atoms with Gasteiger partial charge in [-0.1, -0.05) is 11.6 Å². The van der Waals surface area contributed by atoms with Gasteiger partial charge in [0.2, 0.25) is 5.91 Å². The molecule has 0 bridgehead atoms. The molecule has 21 heavy (non-hydrogen) atoms. The molecule has 7 heteroatoms. The Morgan fingerprint density at radius 3 is 2.90 bits per heavy atom. The van der Waals surface area contributed by atoms with Gasteiger partial charge in [0.05, 0.1) is 18.8 Å². The second-order valence-corrected chi connectivity index (χ2v) is 5.29. The highest BCUT2D eigenvalue weighted by Crippen LogP contribution is 2.18. The lowest BCUT2D eigenvalue weighted by molar-refractivity contribution is -0.117. The van der Waals surface area contributed by atoms with Crippen molar-refractivity contribution in [3.63, 3.8) is 0 Å². The zero-order valence-corrected chi connectivity index (χ0v) is 12.5. The summed E-state index contributed by atoms with van der Waals surface area (Å²) < 4.78 is 13.6. The van der Waals surface area contributed by atoms with E-state index >= 15 is 0 Å². The Bertz CT molecular complexity index is 644. The van der Waals surface area contributed by atoms with Crippen LogP contribution in [0.5, 0.6) is 0 Å². The van der Waals surface area contributed by atoms with E-state index in [1.807, 2.05) is 6.92 Å². The van der Waals surface area contributed by atoms with E-state index in [9.17, 15) is 9.18 Å². The van der Waals surface area contributed by atoms with Crippen LogP contribution in [0.2, 0.25) is 5.02 Å². The van der Waals surface area contributed by atoms with E-state index in [4.69, 9.17) is 11.6 Å². The summed E-state index contributed by atoms with van der Waals surface area (Å²) in [6.07, 6.45) is 1.73. The Kier molecular flexibility index (Phi) is 4.93. The normalized spacial score (nSPS) is 10.9. The molecule has 2 rings (SSSR count). The van der Waals surface area contributed by atoms with E-state index in [1.54, 1.807) is 18.1 Å². The summed E-state index contributed by atoms with van der Waals surface area (Å²) in [5, 5.41) is 2.80. The summed E-state index contributed by atoms with van der Waals surface area (Å²) in [7, 11) is 1.79. The first-order valence-electron chi connectivity index (χ1n) is 6.38. The van der Waals surface area contributed by atoms with Gasteiger partial charge in [-0.15, -0.1) is 0 Å². The monoisotopic (exact) mass is 310 g/mol. The molecule has 0 spiro atoms. The number of imidazole rings is 1. The minimum Gasteiger partial charge on any atom is -0.345 e. The van der Waals surface area contributed by atoms with Gasteiger partial charge >= 0.3 is 0 Å². The fourth-order valence-corrected chi connectivity index (χ4v) is 2.04. The molecule has 1 aromatic carbocycles. The number of anilines is 1. The molecule has 0 saturated carbocycles. The number of nitrogens with zero attached hydrogens (tertiary/aromatic N) is 2. The van der Waals surface area contributed by atoms with Crippen molar-refractivity contribution >= 4 is 23.2 Å². The third kappa shape index (κ3) is 4.54. The number of likely N-dealkylation sites (N-methyl/N-ethyl adjacent to an activating group) is 1. The van der Waals surface area contributed by atoms with Crippen LogP contribution in [0.3, 0.4) is 0 Å². The number of hydrogen-bond acceptors (Lipinski definition) is 3. The minimum atomic E-state index is -0.555. The molecule has 0 radical (unpaired) electrons. The van der Waals surface area contributed by atoms with Gasteiger partial charge < -0.3 is 10.3 Å². The molecule has 0 saturated heterocycles. The van der Waals surface area contributed by atoms with Crippen LogP contribution < -0.4 is 5.32 Å². The maximum absolute atomic E-state index is 13.6. The topological polar surface area (TPSA) is 61.0 Å². The third-order valence-corrected chi connectivity index (χ3v) is 3.03. The van der Waals surface area contributed by atoms with Crippen molar-refractivity contribution in [1.29, 1.82) is 0 Å². The SMILES string of the molecule is Cc1cnc(CN(C)CC(=O)Nc2ccc(Cl)cc2F)[nH]1. The third-order valence-electron chi connectivity index (χ3n) is 2.79. The predicted molar refractivity (Wildman–Crippen MR) is 79.7 cm³/mol. The van der Waals surface area contributed by atoms with Gasteiger partial charge in [-0.05, 0) is 32.2 Å². The number of aromatic nitrogens is 2. The van der Waals surface area contributed by atoms with Gasteiger partial charge in [-0.25, -0.2) is 9.37 Å². The molecule has 0 aliphatic rings. The fourth-order valence-electron chi connectivity index (χ4n) is 1.88. The van der Waals surface area contributed by atoms with Crippen molar-refractivity contribution in [3.05, 3.63) is 46.8 Å². The van der Waals surface area contributed by atoms with Crippen LogP contribution in [0.4, 0.5) is 10.1 Å². The van der Waals surface area contributed by atoms with Crippen LogP contribution in [0.1, 0.15) is 11.5 Å². The summed E-state index contributed by atoms with van der Waals surface area (Å²) in [4.78, 5) is 20.9. The lowest BCUT2D eigenvalue weighted by Gasteiger charge is -2.15. The van der Waals surface area contributed by atoms with Gasteiger partial charge in [0.25, 0.3) is 0 Å². The van der Waals surface area contributed by atoms with Crippen molar-refractivity contribution in [2.24, 2.45) is 0 Å². The summed E-state index contributed by atoms with van der Waals surface area (Å²) in [5.41, 5.74) is 1.08. The molecule has 0 atom stereocenters. The Balaban J connectivity index is 1.89. The number of aromatic amines is 1. The maximum atomic E-state index is 13.6. The number of rotatable bonds is 5. The summed E-state index contributed by atoms with van der Waals surface area (Å²) in [6, 6.07) is 4.12. The quantitative estimate of drug-likeness (QED) is 0.892. The van der Waals surface area contributed by atoms with Crippen LogP contribution in [0.25, 0.3) is 0 Å². The second kappa shape index (κ2) is 6.69. The van der Waals surface area contributed by atoms with Crippen LogP contribution in [0.15, 0.2) is 24.4 Å². The van der Waals surface area contributed by atoms with Crippen LogP contribution >= 0.6 is 11.6 Å². The van der Waals surface area contributed by atoms with E-state index in [0.29, 0.717) is 6.54 Å². The number of H-pyrrole nitrogens is 1. The van der Waals surface area contributed by atoms with Crippen LogP contribution in [-0.2, 0) is 11.3 Å². The van der Waals surface area contributed by atoms with Gasteiger partial charge in [0.1, 0.15) is 11.6 Å². The van der Waals surface area contributed by atoms with E-state index in [1.165, 1.54) is 12.1 Å². The summed E-state index contributed by atoms with van der Waals surface area (Å²) in [6.45, 7) is 2.54. The van der Waals surface area contributed by atoms with Crippen molar-refractivity contribution < 1.29 is 9.18 Å². The second-order valence-electron chi connectivity index (χ2n) is 4.86. The van der Waals surface area contributed by atoms with Crippen molar-refractivity contribution in [2.75, 3.05) is 18.9 Å². The molecule has 112 valence electrons. The van der Waals surface area contributed by atoms with Gasteiger partial charge in [-0.3, -0.25) is 9.69 Å². The molecular formula is C14H16ClFN4O. The Hall–Kier alpha value is -1.92. The summed E-state index contributed by atoms with van der Waals surface area (Å²) >= 11 is 5.66. The minimum absolute atomic E-state index is 0.117.